The Hall–Kier alpha value is -0.120. The van der Waals surface area contributed by atoms with Crippen molar-refractivity contribution in [2.45, 2.75) is 65.8 Å². The van der Waals surface area contributed by atoms with Crippen molar-refractivity contribution < 1.29 is 4.74 Å². The van der Waals surface area contributed by atoms with E-state index in [9.17, 15) is 0 Å². The van der Waals surface area contributed by atoms with Crippen LogP contribution in [-0.2, 0) is 4.74 Å². The molecule has 0 amide bonds. The van der Waals surface area contributed by atoms with Gasteiger partial charge >= 0.3 is 0 Å². The first-order valence-corrected chi connectivity index (χ1v) is 8.59. The molecule has 0 saturated carbocycles. The molecule has 0 heterocycles. The molecule has 0 bridgehead atoms. The highest BCUT2D eigenvalue weighted by atomic mass is 16.5. The van der Waals surface area contributed by atoms with E-state index in [1.165, 1.54) is 45.2 Å². The maximum absolute atomic E-state index is 5.24. The highest BCUT2D eigenvalue weighted by Crippen LogP contribution is 2.10. The van der Waals surface area contributed by atoms with Crippen LogP contribution in [0.2, 0.25) is 0 Å². The number of methoxy groups -OCH3 is 1. The summed E-state index contributed by atoms with van der Waals surface area (Å²) in [5.41, 5.74) is 0. The third kappa shape index (κ3) is 10.6. The number of nitrogens with one attached hydrogen (secondary N) is 1. The first-order chi connectivity index (χ1) is 9.65. The van der Waals surface area contributed by atoms with Gasteiger partial charge in [-0.05, 0) is 51.2 Å². The molecule has 0 fully saturated rings. The zero-order valence-electron chi connectivity index (χ0n) is 14.6. The average Bonchev–Trinajstić information content (AvgIpc) is 2.43. The van der Waals surface area contributed by atoms with Crippen LogP contribution in [0.15, 0.2) is 0 Å². The van der Waals surface area contributed by atoms with Crippen LogP contribution in [0.1, 0.15) is 59.8 Å². The van der Waals surface area contributed by atoms with Crippen molar-refractivity contribution in [2.75, 3.05) is 39.9 Å². The summed E-state index contributed by atoms with van der Waals surface area (Å²) < 4.78 is 5.24. The zero-order valence-corrected chi connectivity index (χ0v) is 14.6. The Morgan fingerprint density at radius 3 is 2.25 bits per heavy atom. The molecule has 122 valence electrons. The molecule has 0 unspecified atom stereocenters. The van der Waals surface area contributed by atoms with Gasteiger partial charge in [-0.3, -0.25) is 4.90 Å². The molecule has 0 rings (SSSR count). The fourth-order valence-electron chi connectivity index (χ4n) is 2.62. The minimum absolute atomic E-state index is 0.726. The topological polar surface area (TPSA) is 24.5 Å². The lowest BCUT2D eigenvalue weighted by atomic mass is 10.1. The van der Waals surface area contributed by atoms with E-state index in [2.05, 4.69) is 37.9 Å². The maximum Gasteiger partial charge on any atom is 0.0589 e. The molecule has 1 N–H and O–H groups in total. The SMILES string of the molecule is CCC(CC)N(CCCCCNCC(C)C)CCOC. The number of unbranched alkanes of at least 4 members (excludes halogenated alkanes) is 2. The van der Waals surface area contributed by atoms with E-state index < -0.39 is 0 Å². The normalized spacial score (nSPS) is 12.0. The number of rotatable bonds is 14. The molecular formula is C17H38N2O. The van der Waals surface area contributed by atoms with Gasteiger partial charge in [-0.1, -0.05) is 34.1 Å². The Kier molecular flexibility index (Phi) is 13.8. The Balaban J connectivity index is 3.72. The van der Waals surface area contributed by atoms with Gasteiger partial charge in [0.15, 0.2) is 0 Å². The van der Waals surface area contributed by atoms with Crippen LogP contribution in [-0.4, -0.2) is 50.8 Å². The second kappa shape index (κ2) is 13.8. The van der Waals surface area contributed by atoms with Crippen molar-refractivity contribution in [1.29, 1.82) is 0 Å². The van der Waals surface area contributed by atoms with Crippen molar-refractivity contribution >= 4 is 0 Å². The van der Waals surface area contributed by atoms with Gasteiger partial charge in [-0.15, -0.1) is 0 Å². The quantitative estimate of drug-likeness (QED) is 0.494. The van der Waals surface area contributed by atoms with E-state index in [4.69, 9.17) is 4.74 Å². The predicted molar refractivity (Wildman–Crippen MR) is 89.4 cm³/mol. The standard InChI is InChI=1S/C17H38N2O/c1-6-17(7-2)19(13-14-20-5)12-10-8-9-11-18-15-16(3)4/h16-18H,6-15H2,1-5H3. The fraction of sp³-hybridized carbons (Fsp3) is 1.00. The first-order valence-electron chi connectivity index (χ1n) is 8.59. The van der Waals surface area contributed by atoms with Crippen molar-refractivity contribution in [1.82, 2.24) is 10.2 Å². The Bertz CT molecular complexity index is 193. The second-order valence-electron chi connectivity index (χ2n) is 6.16. The van der Waals surface area contributed by atoms with Crippen LogP contribution in [0, 0.1) is 5.92 Å². The van der Waals surface area contributed by atoms with Gasteiger partial charge in [0.2, 0.25) is 0 Å². The van der Waals surface area contributed by atoms with Gasteiger partial charge in [0, 0.05) is 19.7 Å². The van der Waals surface area contributed by atoms with Crippen molar-refractivity contribution in [2.24, 2.45) is 5.92 Å². The second-order valence-corrected chi connectivity index (χ2v) is 6.16. The minimum atomic E-state index is 0.726. The van der Waals surface area contributed by atoms with Crippen molar-refractivity contribution in [3.05, 3.63) is 0 Å². The largest absolute Gasteiger partial charge is 0.383 e. The van der Waals surface area contributed by atoms with E-state index in [-0.39, 0.29) is 0 Å². The van der Waals surface area contributed by atoms with Gasteiger partial charge < -0.3 is 10.1 Å². The summed E-state index contributed by atoms with van der Waals surface area (Å²) in [5, 5.41) is 3.52. The molecule has 0 aliphatic rings. The molecule has 0 aromatic heterocycles. The van der Waals surface area contributed by atoms with Gasteiger partial charge in [-0.25, -0.2) is 0 Å². The molecule has 0 radical (unpaired) electrons. The molecule has 3 nitrogen and oxygen atoms in total. The molecule has 3 heteroatoms. The fourth-order valence-corrected chi connectivity index (χ4v) is 2.62. The van der Waals surface area contributed by atoms with E-state index in [0.29, 0.717) is 0 Å². The van der Waals surface area contributed by atoms with Crippen LogP contribution >= 0.6 is 0 Å². The summed E-state index contributed by atoms with van der Waals surface area (Å²) in [6.07, 6.45) is 6.43. The van der Waals surface area contributed by atoms with E-state index in [1.807, 2.05) is 0 Å². The highest BCUT2D eigenvalue weighted by Gasteiger charge is 2.13. The number of ether oxygens (including phenoxy) is 1. The number of hydrogen-bond donors (Lipinski definition) is 1. The molecule has 0 atom stereocenters. The molecule has 0 aliphatic carbocycles. The molecular weight excluding hydrogens is 248 g/mol. The lowest BCUT2D eigenvalue weighted by molar-refractivity contribution is 0.113. The van der Waals surface area contributed by atoms with Gasteiger partial charge in [0.25, 0.3) is 0 Å². The van der Waals surface area contributed by atoms with Crippen LogP contribution in [0.4, 0.5) is 0 Å². The molecule has 0 aliphatic heterocycles. The van der Waals surface area contributed by atoms with Crippen LogP contribution in [0.3, 0.4) is 0 Å². The van der Waals surface area contributed by atoms with Crippen molar-refractivity contribution in [3.63, 3.8) is 0 Å². The summed E-state index contributed by atoms with van der Waals surface area (Å²) >= 11 is 0. The molecule has 0 spiro atoms. The molecule has 20 heavy (non-hydrogen) atoms. The lowest BCUT2D eigenvalue weighted by Gasteiger charge is -2.30. The van der Waals surface area contributed by atoms with E-state index in [1.54, 1.807) is 7.11 Å². The van der Waals surface area contributed by atoms with Gasteiger partial charge in [0.05, 0.1) is 6.61 Å². The average molecular weight is 287 g/mol. The summed E-state index contributed by atoms with van der Waals surface area (Å²) in [4.78, 5) is 2.62. The summed E-state index contributed by atoms with van der Waals surface area (Å²) in [7, 11) is 1.80. The lowest BCUT2D eigenvalue weighted by Crippen LogP contribution is -2.37. The minimum Gasteiger partial charge on any atom is -0.383 e. The number of hydrogen-bond acceptors (Lipinski definition) is 3. The molecule has 0 aromatic rings. The molecule has 0 aromatic carbocycles. The van der Waals surface area contributed by atoms with E-state index in [0.717, 1.165) is 31.7 Å². The van der Waals surface area contributed by atoms with Crippen LogP contribution < -0.4 is 5.32 Å². The van der Waals surface area contributed by atoms with Crippen LogP contribution in [0.25, 0.3) is 0 Å². The van der Waals surface area contributed by atoms with Crippen LogP contribution in [0.5, 0.6) is 0 Å². The predicted octanol–water partition coefficient (Wildman–Crippen LogP) is 3.54. The third-order valence-electron chi connectivity index (χ3n) is 3.89. The Morgan fingerprint density at radius 2 is 1.70 bits per heavy atom. The summed E-state index contributed by atoms with van der Waals surface area (Å²) in [6, 6.07) is 0.726. The maximum atomic E-state index is 5.24. The van der Waals surface area contributed by atoms with Crippen molar-refractivity contribution in [3.8, 4) is 0 Å². The molecule has 0 saturated heterocycles. The summed E-state index contributed by atoms with van der Waals surface area (Å²) in [6.45, 7) is 14.6. The highest BCUT2D eigenvalue weighted by molar-refractivity contribution is 4.69. The smallest absolute Gasteiger partial charge is 0.0589 e. The third-order valence-corrected chi connectivity index (χ3v) is 3.89. The van der Waals surface area contributed by atoms with Gasteiger partial charge in [0.1, 0.15) is 0 Å². The first kappa shape index (κ1) is 19.9. The zero-order chi connectivity index (χ0) is 15.2. The van der Waals surface area contributed by atoms with E-state index >= 15 is 0 Å². The van der Waals surface area contributed by atoms with Gasteiger partial charge in [-0.2, -0.15) is 0 Å². The Labute approximate surface area is 127 Å². The monoisotopic (exact) mass is 286 g/mol. The summed E-state index contributed by atoms with van der Waals surface area (Å²) in [5.74, 6) is 0.759. The number of nitrogens with zero attached hydrogens (tertiary/aromatic N) is 1. The Morgan fingerprint density at radius 1 is 1.00 bits per heavy atom.